The summed E-state index contributed by atoms with van der Waals surface area (Å²) in [7, 11) is -3.65. The van der Waals surface area contributed by atoms with Gasteiger partial charge in [-0.2, -0.15) is 0 Å². The van der Waals surface area contributed by atoms with E-state index in [0.29, 0.717) is 26.5 Å². The van der Waals surface area contributed by atoms with Gasteiger partial charge in [0, 0.05) is 11.4 Å². The maximum Gasteiger partial charge on any atom is 0.230 e. The Morgan fingerprint density at radius 1 is 1.06 bits per heavy atom. The molecule has 0 aliphatic rings. The van der Waals surface area contributed by atoms with Crippen molar-refractivity contribution in [2.75, 3.05) is 10.7 Å². The lowest BCUT2D eigenvalue weighted by atomic mass is 10.3. The van der Waals surface area contributed by atoms with Gasteiger partial charge in [-0.3, -0.25) is 9.69 Å². The molecule has 0 saturated heterocycles. The van der Waals surface area contributed by atoms with Crippen molar-refractivity contribution in [3.8, 4) is 0 Å². The predicted molar refractivity (Wildman–Crippen MR) is 123 cm³/mol. The fourth-order valence-corrected chi connectivity index (χ4v) is 5.59. The Morgan fingerprint density at radius 2 is 1.84 bits per heavy atom. The Hall–Kier alpha value is -2.39. The SMILES string of the molecule is O=C(CCS(=O)(=O)c1ccc(Cl)cc1)N(Cc1ccco1)c1nc2c(Cl)cccc2s1. The number of furan rings is 1. The number of hydrogen-bond donors (Lipinski definition) is 0. The van der Waals surface area contributed by atoms with Gasteiger partial charge in [-0.25, -0.2) is 13.4 Å². The zero-order valence-corrected chi connectivity index (χ0v) is 19.1. The molecule has 2 aromatic heterocycles. The number of carbonyl (C=O) groups excluding carboxylic acids is 1. The third-order valence-electron chi connectivity index (χ3n) is 4.54. The second-order valence-corrected chi connectivity index (χ2v) is 10.6. The summed E-state index contributed by atoms with van der Waals surface area (Å²) in [5.41, 5.74) is 0.593. The number of carbonyl (C=O) groups is 1. The van der Waals surface area contributed by atoms with Crippen LogP contribution in [0, 0.1) is 0 Å². The van der Waals surface area contributed by atoms with Crippen LogP contribution in [0.25, 0.3) is 10.2 Å². The summed E-state index contributed by atoms with van der Waals surface area (Å²) in [5.74, 6) is -0.170. The van der Waals surface area contributed by atoms with Crippen molar-refractivity contribution in [2.45, 2.75) is 17.9 Å². The molecule has 31 heavy (non-hydrogen) atoms. The molecule has 2 heterocycles. The molecule has 4 aromatic rings. The number of thiazole rings is 1. The summed E-state index contributed by atoms with van der Waals surface area (Å²) >= 11 is 13.4. The molecule has 0 fully saturated rings. The van der Waals surface area contributed by atoms with Crippen molar-refractivity contribution in [3.63, 3.8) is 0 Å². The number of nitrogens with zero attached hydrogens (tertiary/aromatic N) is 2. The van der Waals surface area contributed by atoms with Gasteiger partial charge in [-0.05, 0) is 48.5 Å². The van der Waals surface area contributed by atoms with E-state index < -0.39 is 9.84 Å². The number of aromatic nitrogens is 1. The Kier molecular flexibility index (Phi) is 6.34. The van der Waals surface area contributed by atoms with Crippen molar-refractivity contribution >= 4 is 65.6 Å². The van der Waals surface area contributed by atoms with Gasteiger partial charge in [-0.1, -0.05) is 40.6 Å². The van der Waals surface area contributed by atoms with Crippen LogP contribution in [0.5, 0.6) is 0 Å². The number of halogens is 2. The molecule has 0 aliphatic heterocycles. The molecule has 0 aliphatic carbocycles. The first-order valence-electron chi connectivity index (χ1n) is 9.19. The number of fused-ring (bicyclic) bond motifs is 1. The van der Waals surface area contributed by atoms with E-state index in [-0.39, 0.29) is 29.5 Å². The number of rotatable bonds is 7. The lowest BCUT2D eigenvalue weighted by Crippen LogP contribution is -2.31. The maximum atomic E-state index is 13.1. The van der Waals surface area contributed by atoms with Crippen LogP contribution < -0.4 is 4.90 Å². The summed E-state index contributed by atoms with van der Waals surface area (Å²) in [5, 5.41) is 1.35. The standard InChI is InChI=1S/C21H16Cl2N2O4S2/c22-14-6-8-16(9-7-14)31(27,28)12-10-19(26)25(13-15-3-2-11-29-15)21-24-20-17(23)4-1-5-18(20)30-21/h1-9,11H,10,12-13H2. The van der Waals surface area contributed by atoms with E-state index in [1.807, 2.05) is 12.1 Å². The topological polar surface area (TPSA) is 80.5 Å². The molecule has 0 unspecified atom stereocenters. The molecular formula is C21H16Cl2N2O4S2. The van der Waals surface area contributed by atoms with Crippen molar-refractivity contribution in [3.05, 3.63) is 76.7 Å². The van der Waals surface area contributed by atoms with Gasteiger partial charge in [0.1, 0.15) is 11.3 Å². The van der Waals surface area contributed by atoms with Crippen LogP contribution in [0.1, 0.15) is 12.2 Å². The van der Waals surface area contributed by atoms with Gasteiger partial charge >= 0.3 is 0 Å². The van der Waals surface area contributed by atoms with E-state index in [2.05, 4.69) is 4.98 Å². The lowest BCUT2D eigenvalue weighted by Gasteiger charge is -2.18. The van der Waals surface area contributed by atoms with Gasteiger partial charge in [0.25, 0.3) is 0 Å². The van der Waals surface area contributed by atoms with Gasteiger partial charge in [0.15, 0.2) is 15.0 Å². The zero-order valence-electron chi connectivity index (χ0n) is 16.0. The smallest absolute Gasteiger partial charge is 0.230 e. The fraction of sp³-hybridized carbons (Fsp3) is 0.143. The summed E-state index contributed by atoms with van der Waals surface area (Å²) < 4.78 is 31.5. The van der Waals surface area contributed by atoms with E-state index in [1.54, 1.807) is 18.2 Å². The van der Waals surface area contributed by atoms with E-state index in [0.717, 1.165) is 4.70 Å². The first-order valence-corrected chi connectivity index (χ1v) is 12.4. The summed E-state index contributed by atoms with van der Waals surface area (Å²) in [6, 6.07) is 14.7. The minimum Gasteiger partial charge on any atom is -0.467 e. The van der Waals surface area contributed by atoms with Crippen LogP contribution in [0.15, 0.2) is 70.2 Å². The number of benzene rings is 2. The molecule has 0 atom stereocenters. The molecule has 2 aromatic carbocycles. The van der Waals surface area contributed by atoms with Crippen LogP contribution in [0.3, 0.4) is 0 Å². The highest BCUT2D eigenvalue weighted by atomic mass is 35.5. The van der Waals surface area contributed by atoms with Gasteiger partial charge in [0.2, 0.25) is 5.91 Å². The van der Waals surface area contributed by atoms with Crippen molar-refractivity contribution in [1.82, 2.24) is 4.98 Å². The number of hydrogen-bond acceptors (Lipinski definition) is 6. The quantitative estimate of drug-likeness (QED) is 0.334. The Balaban J connectivity index is 1.59. The highest BCUT2D eigenvalue weighted by Gasteiger charge is 2.24. The molecule has 0 spiro atoms. The van der Waals surface area contributed by atoms with Crippen molar-refractivity contribution in [1.29, 1.82) is 0 Å². The van der Waals surface area contributed by atoms with Gasteiger partial charge in [-0.15, -0.1) is 0 Å². The Bertz CT molecular complexity index is 1320. The zero-order chi connectivity index (χ0) is 22.0. The normalized spacial score (nSPS) is 11.7. The summed E-state index contributed by atoms with van der Waals surface area (Å²) in [4.78, 5) is 19.2. The highest BCUT2D eigenvalue weighted by Crippen LogP contribution is 2.34. The average Bonchev–Trinajstić information content (AvgIpc) is 3.41. The van der Waals surface area contributed by atoms with Gasteiger partial charge in [0.05, 0.1) is 33.2 Å². The number of para-hydroxylation sites is 1. The first-order chi connectivity index (χ1) is 14.8. The maximum absolute atomic E-state index is 13.1. The van der Waals surface area contributed by atoms with Crippen LogP contribution in [0.2, 0.25) is 10.0 Å². The minimum absolute atomic E-state index is 0.119. The molecule has 0 bridgehead atoms. The van der Waals surface area contributed by atoms with E-state index >= 15 is 0 Å². The molecule has 1 amide bonds. The molecule has 4 rings (SSSR count). The Morgan fingerprint density at radius 3 is 2.52 bits per heavy atom. The lowest BCUT2D eigenvalue weighted by molar-refractivity contribution is -0.118. The van der Waals surface area contributed by atoms with Crippen molar-refractivity contribution in [2.24, 2.45) is 0 Å². The number of sulfone groups is 1. The molecule has 6 nitrogen and oxygen atoms in total. The average molecular weight is 495 g/mol. The van der Waals surface area contributed by atoms with E-state index in [4.69, 9.17) is 27.6 Å². The summed E-state index contributed by atoms with van der Waals surface area (Å²) in [6.07, 6.45) is 1.30. The molecule has 10 heteroatoms. The fourth-order valence-electron chi connectivity index (χ4n) is 2.96. The molecule has 0 saturated carbocycles. The second-order valence-electron chi connectivity index (χ2n) is 6.67. The highest BCUT2D eigenvalue weighted by molar-refractivity contribution is 7.91. The molecule has 0 N–H and O–H groups in total. The number of amides is 1. The third kappa shape index (κ3) is 4.93. The van der Waals surface area contributed by atoms with Crippen LogP contribution >= 0.6 is 34.5 Å². The first kappa shape index (κ1) is 21.8. The second kappa shape index (κ2) is 9.00. The Labute approximate surface area is 192 Å². The predicted octanol–water partition coefficient (Wildman–Crippen LogP) is 5.59. The van der Waals surface area contributed by atoms with Gasteiger partial charge < -0.3 is 4.42 Å². The summed E-state index contributed by atoms with van der Waals surface area (Å²) in [6.45, 7) is 0.129. The monoisotopic (exact) mass is 494 g/mol. The van der Waals surface area contributed by atoms with E-state index in [9.17, 15) is 13.2 Å². The van der Waals surface area contributed by atoms with E-state index in [1.165, 1.54) is 46.8 Å². The molecular weight excluding hydrogens is 479 g/mol. The third-order valence-corrected chi connectivity index (χ3v) is 7.87. The van der Waals surface area contributed by atoms with Crippen LogP contribution in [-0.2, 0) is 21.2 Å². The van der Waals surface area contributed by atoms with Crippen LogP contribution in [-0.4, -0.2) is 25.1 Å². The van der Waals surface area contributed by atoms with Crippen LogP contribution in [0.4, 0.5) is 5.13 Å². The molecule has 0 radical (unpaired) electrons. The minimum atomic E-state index is -3.65. The van der Waals surface area contributed by atoms with Crippen molar-refractivity contribution < 1.29 is 17.6 Å². The largest absolute Gasteiger partial charge is 0.467 e. The molecule has 160 valence electrons. The number of anilines is 1.